The van der Waals surface area contributed by atoms with Crippen LogP contribution in [0.15, 0.2) is 30.6 Å². The summed E-state index contributed by atoms with van der Waals surface area (Å²) in [4.78, 5) is 4.15. The van der Waals surface area contributed by atoms with Crippen LogP contribution >= 0.6 is 22.6 Å². The molecule has 0 amide bonds. The number of pyridine rings is 1. The molecule has 0 N–H and O–H groups in total. The van der Waals surface area contributed by atoms with E-state index in [0.29, 0.717) is 5.88 Å². The molecule has 2 aromatic rings. The van der Waals surface area contributed by atoms with Crippen LogP contribution in [0.1, 0.15) is 13.8 Å². The van der Waals surface area contributed by atoms with Crippen LogP contribution < -0.4 is 4.74 Å². The van der Waals surface area contributed by atoms with E-state index in [4.69, 9.17) is 4.74 Å². The monoisotopic (exact) mass is 329 g/mol. The highest BCUT2D eigenvalue weighted by atomic mass is 127. The van der Waals surface area contributed by atoms with Crippen molar-refractivity contribution in [1.29, 1.82) is 0 Å². The van der Waals surface area contributed by atoms with E-state index < -0.39 is 0 Å². The topological polar surface area (TPSA) is 39.9 Å². The number of aromatic nitrogens is 3. The third-order valence-electron chi connectivity index (χ3n) is 1.90. The Morgan fingerprint density at radius 3 is 2.81 bits per heavy atom. The number of halogens is 1. The van der Waals surface area contributed by atoms with Gasteiger partial charge in [0.15, 0.2) is 0 Å². The Morgan fingerprint density at radius 1 is 1.38 bits per heavy atom. The Kier molecular flexibility index (Phi) is 3.42. The second-order valence-corrected chi connectivity index (χ2v) is 4.71. The summed E-state index contributed by atoms with van der Waals surface area (Å²) in [7, 11) is 0. The first-order valence-corrected chi connectivity index (χ1v) is 6.07. The minimum atomic E-state index is 0.125. The van der Waals surface area contributed by atoms with E-state index in [2.05, 4.69) is 32.7 Å². The van der Waals surface area contributed by atoms with Crippen molar-refractivity contribution in [1.82, 2.24) is 14.8 Å². The van der Waals surface area contributed by atoms with Crippen molar-refractivity contribution in [3.8, 4) is 11.6 Å². The first kappa shape index (κ1) is 11.4. The predicted molar refractivity (Wildman–Crippen MR) is 69.8 cm³/mol. The molecule has 0 aromatic carbocycles. The fraction of sp³-hybridized carbons (Fsp3) is 0.273. The number of nitrogens with zero attached hydrogens (tertiary/aromatic N) is 3. The Hall–Kier alpha value is -1.11. The van der Waals surface area contributed by atoms with Crippen LogP contribution in [0.25, 0.3) is 5.69 Å². The van der Waals surface area contributed by atoms with Crippen molar-refractivity contribution in [2.75, 3.05) is 0 Å². The summed E-state index contributed by atoms with van der Waals surface area (Å²) >= 11 is 2.18. The largest absolute Gasteiger partial charge is 0.475 e. The van der Waals surface area contributed by atoms with Gasteiger partial charge in [0.2, 0.25) is 5.88 Å². The van der Waals surface area contributed by atoms with Gasteiger partial charge in [-0.25, -0.2) is 9.67 Å². The fourth-order valence-corrected chi connectivity index (χ4v) is 1.69. The molecule has 0 aliphatic heterocycles. The van der Waals surface area contributed by atoms with Crippen molar-refractivity contribution in [2.45, 2.75) is 20.0 Å². The summed E-state index contributed by atoms with van der Waals surface area (Å²) in [5, 5.41) is 4.32. The van der Waals surface area contributed by atoms with Crippen molar-refractivity contribution in [2.24, 2.45) is 0 Å². The molecule has 0 aliphatic carbocycles. The molecular weight excluding hydrogens is 317 g/mol. The Labute approximate surface area is 108 Å². The molecule has 0 unspecified atom stereocenters. The van der Waals surface area contributed by atoms with Gasteiger partial charge in [0, 0.05) is 18.5 Å². The van der Waals surface area contributed by atoms with Gasteiger partial charge in [0.05, 0.1) is 11.8 Å². The molecule has 0 radical (unpaired) electrons. The number of ether oxygens (including phenoxy) is 1. The molecule has 2 heterocycles. The zero-order chi connectivity index (χ0) is 11.5. The molecule has 4 nitrogen and oxygen atoms in total. The summed E-state index contributed by atoms with van der Waals surface area (Å²) < 4.78 is 8.29. The molecule has 0 aliphatic rings. The summed E-state index contributed by atoms with van der Waals surface area (Å²) in [5.74, 6) is 0.623. The van der Waals surface area contributed by atoms with E-state index in [9.17, 15) is 0 Å². The summed E-state index contributed by atoms with van der Waals surface area (Å²) in [6.45, 7) is 3.95. The van der Waals surface area contributed by atoms with Gasteiger partial charge in [-0.3, -0.25) is 0 Å². The van der Waals surface area contributed by atoms with E-state index >= 15 is 0 Å². The van der Waals surface area contributed by atoms with E-state index in [-0.39, 0.29) is 6.10 Å². The number of rotatable bonds is 3. The van der Waals surface area contributed by atoms with E-state index in [0.717, 1.165) is 9.39 Å². The maximum Gasteiger partial charge on any atom is 0.215 e. The van der Waals surface area contributed by atoms with Gasteiger partial charge >= 0.3 is 0 Å². The molecule has 0 spiro atoms. The maximum absolute atomic E-state index is 5.53. The molecule has 2 rings (SSSR count). The minimum absolute atomic E-state index is 0.125. The molecule has 16 heavy (non-hydrogen) atoms. The lowest BCUT2D eigenvalue weighted by Gasteiger charge is -2.09. The van der Waals surface area contributed by atoms with Gasteiger partial charge in [-0.1, -0.05) is 0 Å². The van der Waals surface area contributed by atoms with Gasteiger partial charge in [-0.05, 0) is 48.6 Å². The predicted octanol–water partition coefficient (Wildman–Crippen LogP) is 2.66. The van der Waals surface area contributed by atoms with Crippen LogP contribution in [-0.2, 0) is 0 Å². The van der Waals surface area contributed by atoms with Gasteiger partial charge < -0.3 is 4.74 Å². The maximum atomic E-state index is 5.53. The molecule has 0 saturated heterocycles. The third-order valence-corrected chi connectivity index (χ3v) is 2.47. The Balaban J connectivity index is 2.28. The van der Waals surface area contributed by atoms with Crippen molar-refractivity contribution >= 4 is 22.6 Å². The van der Waals surface area contributed by atoms with Crippen LogP contribution in [0.5, 0.6) is 5.88 Å². The molecule has 5 heteroatoms. The van der Waals surface area contributed by atoms with Crippen molar-refractivity contribution in [3.05, 3.63) is 34.3 Å². The third kappa shape index (κ3) is 2.72. The SMILES string of the molecule is CC(C)Oc1cc(-n2ccc(I)n2)ccn1. The molecular formula is C11H12IN3O. The molecule has 84 valence electrons. The second kappa shape index (κ2) is 4.82. The van der Waals surface area contributed by atoms with E-state index in [1.807, 2.05) is 38.2 Å². The average Bonchev–Trinajstić information content (AvgIpc) is 2.64. The number of hydrogen-bond donors (Lipinski definition) is 0. The van der Waals surface area contributed by atoms with Crippen molar-refractivity contribution in [3.63, 3.8) is 0 Å². The lowest BCUT2D eigenvalue weighted by Crippen LogP contribution is -2.07. The van der Waals surface area contributed by atoms with Gasteiger partial charge in [0.25, 0.3) is 0 Å². The normalized spacial score (nSPS) is 10.8. The second-order valence-electron chi connectivity index (χ2n) is 3.60. The Bertz CT molecular complexity index is 482. The first-order chi connectivity index (χ1) is 7.65. The van der Waals surface area contributed by atoms with Crippen LogP contribution in [0.4, 0.5) is 0 Å². The summed E-state index contributed by atoms with van der Waals surface area (Å²) in [6, 6.07) is 5.73. The Morgan fingerprint density at radius 2 is 2.19 bits per heavy atom. The van der Waals surface area contributed by atoms with E-state index in [1.54, 1.807) is 10.9 Å². The van der Waals surface area contributed by atoms with Crippen LogP contribution in [0, 0.1) is 3.70 Å². The van der Waals surface area contributed by atoms with Gasteiger partial charge in [0.1, 0.15) is 3.70 Å². The average molecular weight is 329 g/mol. The van der Waals surface area contributed by atoms with Crippen molar-refractivity contribution < 1.29 is 4.74 Å². The highest BCUT2D eigenvalue weighted by Gasteiger charge is 2.03. The van der Waals surface area contributed by atoms with Crippen LogP contribution in [0.2, 0.25) is 0 Å². The lowest BCUT2D eigenvalue weighted by molar-refractivity contribution is 0.232. The first-order valence-electron chi connectivity index (χ1n) is 4.99. The smallest absolute Gasteiger partial charge is 0.215 e. The number of hydrogen-bond acceptors (Lipinski definition) is 3. The van der Waals surface area contributed by atoms with E-state index in [1.165, 1.54) is 0 Å². The van der Waals surface area contributed by atoms with Crippen LogP contribution in [-0.4, -0.2) is 20.9 Å². The highest BCUT2D eigenvalue weighted by Crippen LogP contribution is 2.15. The molecule has 0 atom stereocenters. The zero-order valence-electron chi connectivity index (χ0n) is 9.09. The van der Waals surface area contributed by atoms with Gasteiger partial charge in [-0.15, -0.1) is 0 Å². The fourth-order valence-electron chi connectivity index (χ4n) is 1.29. The highest BCUT2D eigenvalue weighted by molar-refractivity contribution is 14.1. The molecule has 0 bridgehead atoms. The van der Waals surface area contributed by atoms with Crippen LogP contribution in [0.3, 0.4) is 0 Å². The summed E-state index contributed by atoms with van der Waals surface area (Å²) in [5.41, 5.74) is 0.952. The quantitative estimate of drug-likeness (QED) is 0.813. The molecule has 0 fully saturated rings. The summed E-state index contributed by atoms with van der Waals surface area (Å²) in [6.07, 6.45) is 3.76. The minimum Gasteiger partial charge on any atom is -0.475 e. The zero-order valence-corrected chi connectivity index (χ0v) is 11.2. The standard InChI is InChI=1S/C11H12IN3O/c1-8(2)16-11-7-9(3-5-13-11)15-6-4-10(12)14-15/h3-8H,1-2H3. The molecule has 0 saturated carbocycles. The lowest BCUT2D eigenvalue weighted by atomic mass is 10.4. The van der Waals surface area contributed by atoms with Gasteiger partial charge in [-0.2, -0.15) is 5.10 Å². The molecule has 2 aromatic heterocycles.